The summed E-state index contributed by atoms with van der Waals surface area (Å²) in [6, 6.07) is -0.0111. The molecule has 1 aliphatic heterocycles. The van der Waals surface area contributed by atoms with Crippen molar-refractivity contribution in [1.82, 2.24) is 4.90 Å². The van der Waals surface area contributed by atoms with Gasteiger partial charge in [0.1, 0.15) is 0 Å². The van der Waals surface area contributed by atoms with Gasteiger partial charge in [0.15, 0.2) is 0 Å². The number of likely N-dealkylation sites (tertiary alicyclic amines) is 1. The predicted molar refractivity (Wildman–Crippen MR) is 59.8 cm³/mol. The van der Waals surface area contributed by atoms with E-state index in [9.17, 15) is 9.59 Å². The number of hydrogen-bond acceptors (Lipinski definition) is 3. The lowest BCUT2D eigenvalue weighted by atomic mass is 9.90. The Balaban J connectivity index is 2.47. The maximum Gasteiger partial charge on any atom is 0.303 e. The van der Waals surface area contributed by atoms with E-state index in [0.29, 0.717) is 25.9 Å². The molecule has 0 aromatic rings. The molecule has 0 spiro atoms. The first-order chi connectivity index (χ1) is 7.52. The van der Waals surface area contributed by atoms with Gasteiger partial charge in [0.25, 0.3) is 0 Å². The van der Waals surface area contributed by atoms with E-state index in [2.05, 4.69) is 0 Å². The maximum absolute atomic E-state index is 11.6. The Morgan fingerprint density at radius 2 is 2.12 bits per heavy atom. The highest BCUT2D eigenvalue weighted by Crippen LogP contribution is 2.20. The smallest absolute Gasteiger partial charge is 0.303 e. The molecule has 3 N–H and O–H groups in total. The molecule has 0 aromatic heterocycles. The van der Waals surface area contributed by atoms with Crippen molar-refractivity contribution in [3.05, 3.63) is 0 Å². The molecule has 2 unspecified atom stereocenters. The zero-order valence-electron chi connectivity index (χ0n) is 9.69. The van der Waals surface area contributed by atoms with Crippen molar-refractivity contribution in [2.45, 2.75) is 38.6 Å². The molecule has 1 amide bonds. The van der Waals surface area contributed by atoms with Gasteiger partial charge >= 0.3 is 5.97 Å². The molecule has 0 aliphatic carbocycles. The van der Waals surface area contributed by atoms with E-state index in [-0.39, 0.29) is 24.3 Å². The number of piperidine rings is 1. The number of amides is 1. The summed E-state index contributed by atoms with van der Waals surface area (Å²) < 4.78 is 0. The van der Waals surface area contributed by atoms with Crippen molar-refractivity contribution in [2.75, 3.05) is 13.1 Å². The zero-order valence-corrected chi connectivity index (χ0v) is 9.69. The van der Waals surface area contributed by atoms with Gasteiger partial charge < -0.3 is 15.7 Å². The summed E-state index contributed by atoms with van der Waals surface area (Å²) in [6.45, 7) is 3.10. The summed E-state index contributed by atoms with van der Waals surface area (Å²) in [7, 11) is 0. The number of nitrogens with zero attached hydrogens (tertiary/aromatic N) is 1. The van der Waals surface area contributed by atoms with Crippen LogP contribution in [0.15, 0.2) is 0 Å². The number of carbonyl (C=O) groups excluding carboxylic acids is 1. The van der Waals surface area contributed by atoms with E-state index in [1.807, 2.05) is 6.92 Å². The molecule has 16 heavy (non-hydrogen) atoms. The molecule has 2 atom stereocenters. The van der Waals surface area contributed by atoms with Crippen molar-refractivity contribution in [3.63, 3.8) is 0 Å². The van der Waals surface area contributed by atoms with Crippen molar-refractivity contribution < 1.29 is 14.7 Å². The highest BCUT2D eigenvalue weighted by Gasteiger charge is 2.27. The summed E-state index contributed by atoms with van der Waals surface area (Å²) in [4.78, 5) is 23.8. The van der Waals surface area contributed by atoms with Crippen LogP contribution in [0.4, 0.5) is 0 Å². The second-order valence-corrected chi connectivity index (χ2v) is 4.45. The van der Waals surface area contributed by atoms with Crippen LogP contribution in [0.3, 0.4) is 0 Å². The van der Waals surface area contributed by atoms with E-state index in [4.69, 9.17) is 10.8 Å². The lowest BCUT2D eigenvalue weighted by Crippen LogP contribution is -2.49. The van der Waals surface area contributed by atoms with Crippen LogP contribution in [0.25, 0.3) is 0 Å². The summed E-state index contributed by atoms with van der Waals surface area (Å²) in [5.41, 5.74) is 5.87. The fraction of sp³-hybridized carbons (Fsp3) is 0.818. The van der Waals surface area contributed by atoms with Crippen molar-refractivity contribution in [3.8, 4) is 0 Å². The third-order valence-corrected chi connectivity index (χ3v) is 2.99. The van der Waals surface area contributed by atoms with Crippen LogP contribution in [-0.2, 0) is 9.59 Å². The molecular weight excluding hydrogens is 208 g/mol. The van der Waals surface area contributed by atoms with E-state index >= 15 is 0 Å². The molecule has 1 aliphatic rings. The molecular formula is C11H20N2O3. The molecule has 1 saturated heterocycles. The van der Waals surface area contributed by atoms with Gasteiger partial charge in [-0.3, -0.25) is 9.59 Å². The first-order valence-electron chi connectivity index (χ1n) is 5.78. The van der Waals surface area contributed by atoms with Crippen LogP contribution in [0, 0.1) is 5.92 Å². The normalized spacial score (nSPS) is 25.5. The second kappa shape index (κ2) is 5.84. The Hall–Kier alpha value is -1.10. The van der Waals surface area contributed by atoms with Gasteiger partial charge in [-0.15, -0.1) is 0 Å². The molecule has 0 saturated carbocycles. The minimum atomic E-state index is -0.785. The fourth-order valence-corrected chi connectivity index (χ4v) is 2.21. The minimum absolute atomic E-state index is 0.0111. The number of carboxylic acid groups (broad SMARTS) is 1. The average molecular weight is 228 g/mol. The Labute approximate surface area is 95.6 Å². The summed E-state index contributed by atoms with van der Waals surface area (Å²) in [6.07, 6.45) is 2.07. The van der Waals surface area contributed by atoms with Crippen molar-refractivity contribution >= 4 is 11.9 Å². The molecule has 1 rings (SSSR count). The molecule has 1 heterocycles. The van der Waals surface area contributed by atoms with Crippen LogP contribution in [0.1, 0.15) is 32.6 Å². The second-order valence-electron chi connectivity index (χ2n) is 4.45. The quantitative estimate of drug-likeness (QED) is 0.731. The Kier molecular flexibility index (Phi) is 4.73. The molecule has 0 radical (unpaired) electrons. The minimum Gasteiger partial charge on any atom is -0.481 e. The number of carboxylic acids is 1. The molecule has 5 nitrogen and oxygen atoms in total. The fourth-order valence-electron chi connectivity index (χ4n) is 2.21. The highest BCUT2D eigenvalue weighted by molar-refractivity contribution is 5.76. The Morgan fingerprint density at radius 3 is 2.69 bits per heavy atom. The Bertz CT molecular complexity index is 268. The third-order valence-electron chi connectivity index (χ3n) is 2.99. The SMILES string of the molecule is CCC(=O)N1CC(N)CC(CCC(=O)O)C1. The number of rotatable bonds is 4. The molecule has 0 aromatic carbocycles. The predicted octanol–water partition coefficient (Wildman–Crippen LogP) is 0.437. The first-order valence-corrected chi connectivity index (χ1v) is 5.78. The third kappa shape index (κ3) is 3.81. The highest BCUT2D eigenvalue weighted by atomic mass is 16.4. The molecule has 1 fully saturated rings. The van der Waals surface area contributed by atoms with Crippen LogP contribution in [0.2, 0.25) is 0 Å². The van der Waals surface area contributed by atoms with E-state index in [1.54, 1.807) is 4.90 Å². The van der Waals surface area contributed by atoms with Gasteiger partial charge in [-0.25, -0.2) is 0 Å². The zero-order chi connectivity index (χ0) is 12.1. The standard InChI is InChI=1S/C11H20N2O3/c1-2-10(14)13-6-8(3-4-11(15)16)5-9(12)7-13/h8-9H,2-7,12H2,1H3,(H,15,16). The van der Waals surface area contributed by atoms with Gasteiger partial charge in [0.2, 0.25) is 5.91 Å². The maximum atomic E-state index is 11.6. The van der Waals surface area contributed by atoms with E-state index < -0.39 is 5.97 Å². The van der Waals surface area contributed by atoms with Gasteiger partial charge in [0.05, 0.1) is 0 Å². The Morgan fingerprint density at radius 1 is 1.44 bits per heavy atom. The summed E-state index contributed by atoms with van der Waals surface area (Å²) in [5.74, 6) is -0.446. The average Bonchev–Trinajstić information content (AvgIpc) is 2.24. The lowest BCUT2D eigenvalue weighted by molar-refractivity contribution is -0.137. The van der Waals surface area contributed by atoms with Crippen LogP contribution in [-0.4, -0.2) is 41.0 Å². The number of aliphatic carboxylic acids is 1. The van der Waals surface area contributed by atoms with Crippen LogP contribution in [0.5, 0.6) is 0 Å². The first kappa shape index (κ1) is 13.0. The van der Waals surface area contributed by atoms with Crippen LogP contribution < -0.4 is 5.73 Å². The van der Waals surface area contributed by atoms with Gasteiger partial charge in [0, 0.05) is 32.0 Å². The van der Waals surface area contributed by atoms with Crippen molar-refractivity contribution in [2.24, 2.45) is 11.7 Å². The number of carbonyl (C=O) groups is 2. The summed E-state index contributed by atoms with van der Waals surface area (Å²) in [5, 5.41) is 8.62. The lowest BCUT2D eigenvalue weighted by Gasteiger charge is -2.36. The number of nitrogens with two attached hydrogens (primary N) is 1. The van der Waals surface area contributed by atoms with E-state index in [0.717, 1.165) is 6.42 Å². The van der Waals surface area contributed by atoms with E-state index in [1.165, 1.54) is 0 Å². The molecule has 5 heteroatoms. The summed E-state index contributed by atoms with van der Waals surface area (Å²) >= 11 is 0. The topological polar surface area (TPSA) is 83.6 Å². The molecule has 0 bridgehead atoms. The van der Waals surface area contributed by atoms with Gasteiger partial charge in [-0.05, 0) is 18.8 Å². The van der Waals surface area contributed by atoms with Crippen molar-refractivity contribution in [1.29, 1.82) is 0 Å². The van der Waals surface area contributed by atoms with Gasteiger partial charge in [-0.2, -0.15) is 0 Å². The molecule has 92 valence electrons. The monoisotopic (exact) mass is 228 g/mol. The van der Waals surface area contributed by atoms with Gasteiger partial charge in [-0.1, -0.05) is 6.92 Å². The number of hydrogen-bond donors (Lipinski definition) is 2. The largest absolute Gasteiger partial charge is 0.481 e. The van der Waals surface area contributed by atoms with Crippen LogP contribution >= 0.6 is 0 Å².